The highest BCUT2D eigenvalue weighted by atomic mass is 19.3. The summed E-state index contributed by atoms with van der Waals surface area (Å²) in [7, 11) is 0. The molecular formula is C11H12F2. The maximum absolute atomic E-state index is 12.0. The molecule has 0 bridgehead atoms. The number of allylic oxidation sites excluding steroid dienone is 1. The average molecular weight is 182 g/mol. The van der Waals surface area contributed by atoms with Crippen molar-refractivity contribution >= 4 is 0 Å². The second-order valence-corrected chi connectivity index (χ2v) is 2.88. The van der Waals surface area contributed by atoms with Gasteiger partial charge in [0.05, 0.1) is 0 Å². The van der Waals surface area contributed by atoms with Crippen LogP contribution >= 0.6 is 0 Å². The molecule has 1 rings (SSSR count). The van der Waals surface area contributed by atoms with E-state index in [1.165, 1.54) is 0 Å². The molecule has 0 saturated heterocycles. The van der Waals surface area contributed by atoms with Gasteiger partial charge in [-0.3, -0.25) is 0 Å². The summed E-state index contributed by atoms with van der Waals surface area (Å²) < 4.78 is 24.0. The third-order valence-corrected chi connectivity index (χ3v) is 1.99. The standard InChI is InChI=1S/C11H12F2/c1-2-9(8-11(12)13)10-6-4-3-5-7-10/h3-9H,2H2,1H3/t9-/m1/s1. The molecule has 0 aliphatic heterocycles. The molecule has 13 heavy (non-hydrogen) atoms. The highest BCUT2D eigenvalue weighted by molar-refractivity contribution is 5.23. The van der Waals surface area contributed by atoms with Gasteiger partial charge in [0.1, 0.15) is 0 Å². The number of benzene rings is 1. The van der Waals surface area contributed by atoms with Crippen LogP contribution in [0.4, 0.5) is 8.78 Å². The average Bonchev–Trinajstić information content (AvgIpc) is 2.15. The van der Waals surface area contributed by atoms with Crippen molar-refractivity contribution in [2.24, 2.45) is 0 Å². The molecule has 0 spiro atoms. The molecule has 0 nitrogen and oxygen atoms in total. The van der Waals surface area contributed by atoms with Crippen LogP contribution in [-0.2, 0) is 0 Å². The molecule has 0 fully saturated rings. The molecule has 70 valence electrons. The van der Waals surface area contributed by atoms with Crippen molar-refractivity contribution < 1.29 is 8.78 Å². The third kappa shape index (κ3) is 2.98. The van der Waals surface area contributed by atoms with Crippen LogP contribution in [0.1, 0.15) is 24.8 Å². The van der Waals surface area contributed by atoms with Crippen molar-refractivity contribution in [2.45, 2.75) is 19.3 Å². The molecule has 1 aromatic carbocycles. The van der Waals surface area contributed by atoms with E-state index in [1.54, 1.807) is 0 Å². The van der Waals surface area contributed by atoms with E-state index >= 15 is 0 Å². The Balaban J connectivity index is 2.85. The second kappa shape index (κ2) is 4.75. The molecule has 0 amide bonds. The van der Waals surface area contributed by atoms with E-state index in [9.17, 15) is 8.78 Å². The lowest BCUT2D eigenvalue weighted by Crippen LogP contribution is -1.92. The van der Waals surface area contributed by atoms with Gasteiger partial charge in [-0.05, 0) is 18.1 Å². The number of halogens is 2. The van der Waals surface area contributed by atoms with Crippen LogP contribution in [0, 0.1) is 0 Å². The van der Waals surface area contributed by atoms with Gasteiger partial charge < -0.3 is 0 Å². The maximum Gasteiger partial charge on any atom is 0.266 e. The van der Waals surface area contributed by atoms with Crippen molar-refractivity contribution in [3.8, 4) is 0 Å². The van der Waals surface area contributed by atoms with Gasteiger partial charge in [0, 0.05) is 5.92 Å². The molecule has 0 aromatic heterocycles. The lowest BCUT2D eigenvalue weighted by molar-refractivity contribution is 0.414. The first-order chi connectivity index (χ1) is 6.24. The Labute approximate surface area is 76.9 Å². The molecule has 2 heteroatoms. The maximum atomic E-state index is 12.0. The van der Waals surface area contributed by atoms with Crippen molar-refractivity contribution in [1.29, 1.82) is 0 Å². The van der Waals surface area contributed by atoms with Crippen molar-refractivity contribution in [3.63, 3.8) is 0 Å². The minimum absolute atomic E-state index is 0.161. The molecule has 0 aliphatic carbocycles. The zero-order valence-electron chi connectivity index (χ0n) is 7.50. The molecule has 0 unspecified atom stereocenters. The zero-order chi connectivity index (χ0) is 9.68. The number of hydrogen-bond donors (Lipinski definition) is 0. The summed E-state index contributed by atoms with van der Waals surface area (Å²) in [6, 6.07) is 9.34. The van der Waals surface area contributed by atoms with E-state index in [-0.39, 0.29) is 5.92 Å². The smallest absolute Gasteiger partial charge is 0.174 e. The monoisotopic (exact) mass is 182 g/mol. The van der Waals surface area contributed by atoms with E-state index < -0.39 is 6.08 Å². The SMILES string of the molecule is CC[C@H](C=C(F)F)c1ccccc1. The van der Waals surface area contributed by atoms with Gasteiger partial charge in [-0.2, -0.15) is 8.78 Å². The molecule has 1 atom stereocenters. The zero-order valence-corrected chi connectivity index (χ0v) is 7.50. The van der Waals surface area contributed by atoms with Gasteiger partial charge in [-0.25, -0.2) is 0 Å². The highest BCUT2D eigenvalue weighted by Crippen LogP contribution is 2.22. The summed E-state index contributed by atoms with van der Waals surface area (Å²) >= 11 is 0. The van der Waals surface area contributed by atoms with Gasteiger partial charge in [0.2, 0.25) is 0 Å². The number of hydrogen-bond acceptors (Lipinski definition) is 0. The van der Waals surface area contributed by atoms with E-state index in [1.807, 2.05) is 37.3 Å². The van der Waals surface area contributed by atoms with Gasteiger partial charge in [0.15, 0.2) is 0 Å². The largest absolute Gasteiger partial charge is 0.266 e. The fourth-order valence-corrected chi connectivity index (χ4v) is 1.30. The first-order valence-electron chi connectivity index (χ1n) is 4.31. The fraction of sp³-hybridized carbons (Fsp3) is 0.273. The van der Waals surface area contributed by atoms with Crippen molar-refractivity contribution in [2.75, 3.05) is 0 Å². The lowest BCUT2D eigenvalue weighted by atomic mass is 9.97. The quantitative estimate of drug-likeness (QED) is 0.663. The van der Waals surface area contributed by atoms with E-state index in [0.29, 0.717) is 6.42 Å². The minimum Gasteiger partial charge on any atom is -0.174 e. The Hall–Kier alpha value is -1.18. The van der Waals surface area contributed by atoms with E-state index in [4.69, 9.17) is 0 Å². The van der Waals surface area contributed by atoms with E-state index in [2.05, 4.69) is 0 Å². The van der Waals surface area contributed by atoms with Crippen molar-refractivity contribution in [1.82, 2.24) is 0 Å². The second-order valence-electron chi connectivity index (χ2n) is 2.88. The van der Waals surface area contributed by atoms with Gasteiger partial charge in [-0.1, -0.05) is 37.3 Å². The van der Waals surface area contributed by atoms with Gasteiger partial charge >= 0.3 is 0 Å². The summed E-state index contributed by atoms with van der Waals surface area (Å²) in [6.07, 6.45) is 0.104. The first kappa shape index (κ1) is 9.90. The molecule has 0 aliphatic rings. The normalized spacial score (nSPS) is 12.2. The first-order valence-corrected chi connectivity index (χ1v) is 4.31. The third-order valence-electron chi connectivity index (χ3n) is 1.99. The molecule has 0 N–H and O–H groups in total. The Bertz CT molecular complexity index is 273. The van der Waals surface area contributed by atoms with Crippen LogP contribution in [-0.4, -0.2) is 0 Å². The molecule has 0 radical (unpaired) electrons. The van der Waals surface area contributed by atoms with Crippen LogP contribution in [0.15, 0.2) is 42.5 Å². The predicted octanol–water partition coefficient (Wildman–Crippen LogP) is 3.96. The Morgan fingerprint density at radius 2 is 1.92 bits per heavy atom. The van der Waals surface area contributed by atoms with Crippen LogP contribution in [0.25, 0.3) is 0 Å². The summed E-state index contributed by atoms with van der Waals surface area (Å²) in [5, 5.41) is 0. The van der Waals surface area contributed by atoms with Crippen molar-refractivity contribution in [3.05, 3.63) is 48.1 Å². The fourth-order valence-electron chi connectivity index (χ4n) is 1.30. The van der Waals surface area contributed by atoms with E-state index in [0.717, 1.165) is 11.6 Å². The summed E-state index contributed by atoms with van der Waals surface area (Å²) in [5.41, 5.74) is 0.942. The molecular weight excluding hydrogens is 170 g/mol. The van der Waals surface area contributed by atoms with Gasteiger partial charge in [0.25, 0.3) is 6.08 Å². The lowest BCUT2D eigenvalue weighted by Gasteiger charge is -2.08. The molecule has 0 saturated carbocycles. The topological polar surface area (TPSA) is 0 Å². The minimum atomic E-state index is -1.60. The predicted molar refractivity (Wildman–Crippen MR) is 49.8 cm³/mol. The van der Waals surface area contributed by atoms with Crippen LogP contribution in [0.3, 0.4) is 0 Å². The Morgan fingerprint density at radius 1 is 1.31 bits per heavy atom. The Kier molecular flexibility index (Phi) is 3.62. The Morgan fingerprint density at radius 3 is 2.38 bits per heavy atom. The summed E-state index contributed by atoms with van der Waals surface area (Å²) in [5.74, 6) is -0.161. The summed E-state index contributed by atoms with van der Waals surface area (Å²) in [6.45, 7) is 1.90. The molecule has 0 heterocycles. The summed E-state index contributed by atoms with van der Waals surface area (Å²) in [4.78, 5) is 0. The van der Waals surface area contributed by atoms with Gasteiger partial charge in [-0.15, -0.1) is 0 Å². The van der Waals surface area contributed by atoms with Crippen LogP contribution in [0.2, 0.25) is 0 Å². The highest BCUT2D eigenvalue weighted by Gasteiger charge is 2.06. The molecule has 1 aromatic rings. The van der Waals surface area contributed by atoms with Crippen LogP contribution in [0.5, 0.6) is 0 Å². The number of rotatable bonds is 3. The van der Waals surface area contributed by atoms with Crippen LogP contribution < -0.4 is 0 Å².